The topological polar surface area (TPSA) is 78.0 Å². The van der Waals surface area contributed by atoms with Crippen molar-refractivity contribution in [2.75, 3.05) is 5.75 Å². The molecule has 1 aromatic heterocycles. The van der Waals surface area contributed by atoms with Crippen molar-refractivity contribution < 1.29 is 8.42 Å². The van der Waals surface area contributed by atoms with E-state index in [0.29, 0.717) is 13.0 Å². The summed E-state index contributed by atoms with van der Waals surface area (Å²) in [5.41, 5.74) is 0. The molecule has 0 amide bonds. The average molecular weight is 189 g/mol. The van der Waals surface area contributed by atoms with E-state index in [2.05, 4.69) is 4.98 Å². The zero-order valence-corrected chi connectivity index (χ0v) is 7.37. The summed E-state index contributed by atoms with van der Waals surface area (Å²) >= 11 is 0. The van der Waals surface area contributed by atoms with Gasteiger partial charge in [0.25, 0.3) is 0 Å². The number of rotatable bonds is 4. The minimum atomic E-state index is -3.31. The second kappa shape index (κ2) is 3.68. The molecular formula is C6H11N3O2S. The number of nitrogens with two attached hydrogens (primary N) is 1. The molecule has 0 bridgehead atoms. The van der Waals surface area contributed by atoms with Crippen LogP contribution in [0, 0.1) is 0 Å². The third kappa shape index (κ3) is 3.49. The molecule has 0 radical (unpaired) electrons. The number of imidazole rings is 1. The first-order valence-corrected chi connectivity index (χ1v) is 5.26. The average Bonchev–Trinajstić information content (AvgIpc) is 2.36. The van der Waals surface area contributed by atoms with E-state index in [9.17, 15) is 8.42 Å². The van der Waals surface area contributed by atoms with Crippen LogP contribution in [0.1, 0.15) is 6.42 Å². The highest BCUT2D eigenvalue weighted by molar-refractivity contribution is 7.89. The first-order valence-electron chi connectivity index (χ1n) is 3.54. The molecule has 68 valence electrons. The van der Waals surface area contributed by atoms with Gasteiger partial charge in [0.2, 0.25) is 10.0 Å². The van der Waals surface area contributed by atoms with Crippen LogP contribution in [0.5, 0.6) is 0 Å². The molecule has 12 heavy (non-hydrogen) atoms. The summed E-state index contributed by atoms with van der Waals surface area (Å²) in [7, 11) is -3.31. The molecule has 0 aliphatic heterocycles. The van der Waals surface area contributed by atoms with Crippen LogP contribution >= 0.6 is 0 Å². The molecule has 6 heteroatoms. The molecule has 2 N–H and O–H groups in total. The Labute approximate surface area is 71.3 Å². The Balaban J connectivity index is 2.29. The van der Waals surface area contributed by atoms with Crippen LogP contribution < -0.4 is 5.14 Å². The Hall–Kier alpha value is -0.880. The van der Waals surface area contributed by atoms with Crippen LogP contribution in [0.2, 0.25) is 0 Å². The number of hydrogen-bond donors (Lipinski definition) is 1. The molecule has 1 rings (SSSR count). The van der Waals surface area contributed by atoms with Crippen molar-refractivity contribution in [2.24, 2.45) is 5.14 Å². The minimum absolute atomic E-state index is 0.0190. The molecule has 0 atom stereocenters. The van der Waals surface area contributed by atoms with Gasteiger partial charge in [-0.1, -0.05) is 0 Å². The predicted molar refractivity (Wildman–Crippen MR) is 44.8 cm³/mol. The Kier molecular flexibility index (Phi) is 2.83. The standard InChI is InChI=1S/C6H11N3O2S/c7-12(10,11)5-1-3-9-4-2-8-6-9/h2,4,6H,1,3,5H2,(H2,7,10,11). The second-order valence-electron chi connectivity index (χ2n) is 2.52. The highest BCUT2D eigenvalue weighted by atomic mass is 32.2. The highest BCUT2D eigenvalue weighted by Crippen LogP contribution is 1.92. The van der Waals surface area contributed by atoms with Crippen LogP contribution in [-0.2, 0) is 16.6 Å². The van der Waals surface area contributed by atoms with Gasteiger partial charge in [-0.2, -0.15) is 0 Å². The lowest BCUT2D eigenvalue weighted by atomic mass is 10.5. The van der Waals surface area contributed by atoms with Crippen molar-refractivity contribution >= 4 is 10.0 Å². The Bertz CT molecular complexity index is 317. The van der Waals surface area contributed by atoms with Gasteiger partial charge in [-0.3, -0.25) is 0 Å². The molecule has 0 saturated carbocycles. The smallest absolute Gasteiger partial charge is 0.209 e. The Morgan fingerprint density at radius 1 is 1.50 bits per heavy atom. The first-order chi connectivity index (χ1) is 5.58. The molecule has 0 unspecified atom stereocenters. The van der Waals surface area contributed by atoms with E-state index in [1.165, 1.54) is 0 Å². The van der Waals surface area contributed by atoms with Crippen molar-refractivity contribution in [3.63, 3.8) is 0 Å². The molecular weight excluding hydrogens is 178 g/mol. The fourth-order valence-corrected chi connectivity index (χ4v) is 1.40. The lowest BCUT2D eigenvalue weighted by Crippen LogP contribution is -2.17. The fourth-order valence-electron chi connectivity index (χ4n) is 0.867. The lowest BCUT2D eigenvalue weighted by molar-refractivity contribution is 0.588. The van der Waals surface area contributed by atoms with Crippen LogP contribution in [0.3, 0.4) is 0 Å². The molecule has 1 heterocycles. The van der Waals surface area contributed by atoms with Gasteiger partial charge in [0, 0.05) is 18.9 Å². The number of primary sulfonamides is 1. The third-order valence-electron chi connectivity index (χ3n) is 1.40. The monoisotopic (exact) mass is 189 g/mol. The van der Waals surface area contributed by atoms with Gasteiger partial charge < -0.3 is 4.57 Å². The zero-order valence-electron chi connectivity index (χ0n) is 6.55. The van der Waals surface area contributed by atoms with Crippen molar-refractivity contribution in [1.82, 2.24) is 9.55 Å². The number of hydrogen-bond acceptors (Lipinski definition) is 3. The number of sulfonamides is 1. The summed E-state index contributed by atoms with van der Waals surface area (Å²) in [6.45, 7) is 0.635. The third-order valence-corrected chi connectivity index (χ3v) is 2.26. The van der Waals surface area contributed by atoms with Gasteiger partial charge in [-0.25, -0.2) is 18.5 Å². The number of aryl methyl sites for hydroxylation is 1. The van der Waals surface area contributed by atoms with Crippen molar-refractivity contribution in [1.29, 1.82) is 0 Å². The van der Waals surface area contributed by atoms with Gasteiger partial charge in [0.15, 0.2) is 0 Å². The Morgan fingerprint density at radius 2 is 2.25 bits per heavy atom. The normalized spacial score (nSPS) is 11.8. The zero-order chi connectivity index (χ0) is 9.03. The maximum atomic E-state index is 10.5. The van der Waals surface area contributed by atoms with E-state index < -0.39 is 10.0 Å². The largest absolute Gasteiger partial charge is 0.337 e. The molecule has 5 nitrogen and oxygen atoms in total. The van der Waals surface area contributed by atoms with E-state index in [1.807, 2.05) is 4.57 Å². The van der Waals surface area contributed by atoms with Gasteiger partial charge >= 0.3 is 0 Å². The molecule has 0 saturated heterocycles. The highest BCUT2D eigenvalue weighted by Gasteiger charge is 2.01. The van der Waals surface area contributed by atoms with Crippen molar-refractivity contribution in [2.45, 2.75) is 13.0 Å². The van der Waals surface area contributed by atoms with Gasteiger partial charge in [0.1, 0.15) is 0 Å². The van der Waals surface area contributed by atoms with Gasteiger partial charge in [-0.05, 0) is 6.42 Å². The van der Waals surface area contributed by atoms with E-state index >= 15 is 0 Å². The predicted octanol–water partition coefficient (Wildman–Crippen LogP) is -0.438. The summed E-state index contributed by atoms with van der Waals surface area (Å²) in [6, 6.07) is 0. The van der Waals surface area contributed by atoms with Gasteiger partial charge in [0.05, 0.1) is 12.1 Å². The van der Waals surface area contributed by atoms with Crippen LogP contribution in [0.15, 0.2) is 18.7 Å². The summed E-state index contributed by atoms with van der Waals surface area (Å²) in [4.78, 5) is 3.82. The molecule has 0 spiro atoms. The summed E-state index contributed by atoms with van der Waals surface area (Å²) in [5.74, 6) is 0.0190. The van der Waals surface area contributed by atoms with E-state index in [0.717, 1.165) is 0 Å². The molecule has 1 aromatic rings. The molecule has 0 aliphatic rings. The quantitative estimate of drug-likeness (QED) is 0.697. The van der Waals surface area contributed by atoms with Crippen molar-refractivity contribution in [3.8, 4) is 0 Å². The summed E-state index contributed by atoms with van der Waals surface area (Å²) in [6.07, 6.45) is 5.60. The van der Waals surface area contributed by atoms with Crippen LogP contribution in [0.25, 0.3) is 0 Å². The number of aromatic nitrogens is 2. The minimum Gasteiger partial charge on any atom is -0.337 e. The Morgan fingerprint density at radius 3 is 2.75 bits per heavy atom. The van der Waals surface area contributed by atoms with Gasteiger partial charge in [-0.15, -0.1) is 0 Å². The SMILES string of the molecule is NS(=O)(=O)CCCn1ccnc1. The molecule has 0 aromatic carbocycles. The second-order valence-corrected chi connectivity index (χ2v) is 4.26. The summed E-state index contributed by atoms with van der Waals surface area (Å²) < 4.78 is 22.8. The van der Waals surface area contributed by atoms with E-state index in [-0.39, 0.29) is 5.75 Å². The number of nitrogens with zero attached hydrogens (tertiary/aromatic N) is 2. The van der Waals surface area contributed by atoms with Crippen molar-refractivity contribution in [3.05, 3.63) is 18.7 Å². The van der Waals surface area contributed by atoms with E-state index in [4.69, 9.17) is 5.14 Å². The van der Waals surface area contributed by atoms with Crippen LogP contribution in [0.4, 0.5) is 0 Å². The molecule has 0 fully saturated rings. The summed E-state index contributed by atoms with van der Waals surface area (Å²) in [5, 5.41) is 4.82. The first kappa shape index (κ1) is 9.21. The van der Waals surface area contributed by atoms with E-state index in [1.54, 1.807) is 18.7 Å². The maximum absolute atomic E-state index is 10.5. The fraction of sp³-hybridized carbons (Fsp3) is 0.500. The lowest BCUT2D eigenvalue weighted by Gasteiger charge is -1.99. The molecule has 0 aliphatic carbocycles. The van der Waals surface area contributed by atoms with Crippen LogP contribution in [-0.4, -0.2) is 23.7 Å². The maximum Gasteiger partial charge on any atom is 0.209 e.